The lowest BCUT2D eigenvalue weighted by atomic mass is 10.1. The second kappa shape index (κ2) is 4.25. The Balaban J connectivity index is 2.68. The molecular formula is C10H13N5OS. The van der Waals surface area contributed by atoms with Crippen molar-refractivity contribution in [3.8, 4) is 11.4 Å². The van der Waals surface area contributed by atoms with Gasteiger partial charge in [-0.25, -0.2) is 4.68 Å². The van der Waals surface area contributed by atoms with Crippen LogP contribution < -0.4 is 5.56 Å². The van der Waals surface area contributed by atoms with Gasteiger partial charge in [-0.3, -0.25) is 15.0 Å². The van der Waals surface area contributed by atoms with Crippen LogP contribution in [0.25, 0.3) is 11.4 Å². The molecule has 17 heavy (non-hydrogen) atoms. The molecular weight excluding hydrogens is 238 g/mol. The first-order chi connectivity index (χ1) is 7.99. The van der Waals surface area contributed by atoms with Crippen LogP contribution in [0.15, 0.2) is 10.9 Å². The van der Waals surface area contributed by atoms with Crippen LogP contribution in [-0.2, 0) is 7.05 Å². The zero-order valence-electron chi connectivity index (χ0n) is 9.81. The van der Waals surface area contributed by atoms with Crippen LogP contribution in [0.1, 0.15) is 25.5 Å². The largest absolute Gasteiger partial charge is 0.281 e. The fraction of sp³-hybridized carbons (Fsp3) is 0.400. The fourth-order valence-electron chi connectivity index (χ4n) is 1.48. The lowest BCUT2D eigenvalue weighted by molar-refractivity contribution is 0.654. The van der Waals surface area contributed by atoms with Crippen LogP contribution >= 0.6 is 12.2 Å². The number of H-pyrrole nitrogens is 2. The third-order valence-electron chi connectivity index (χ3n) is 2.43. The SMILES string of the molecule is CC(C)c1cc(-c2nc(=S)[nH][nH]2)c(=O)n(C)n1. The highest BCUT2D eigenvalue weighted by Crippen LogP contribution is 2.15. The molecule has 0 radical (unpaired) electrons. The van der Waals surface area contributed by atoms with E-state index in [1.165, 1.54) is 4.68 Å². The number of hydrogen-bond donors (Lipinski definition) is 2. The lowest BCUT2D eigenvalue weighted by Gasteiger charge is -2.07. The van der Waals surface area contributed by atoms with Crippen LogP contribution in [0.3, 0.4) is 0 Å². The van der Waals surface area contributed by atoms with Gasteiger partial charge in [-0.1, -0.05) is 13.8 Å². The van der Waals surface area contributed by atoms with Crippen molar-refractivity contribution in [1.29, 1.82) is 0 Å². The molecule has 0 aliphatic heterocycles. The minimum atomic E-state index is -0.202. The molecule has 2 rings (SSSR count). The maximum absolute atomic E-state index is 11.9. The zero-order chi connectivity index (χ0) is 12.6. The number of hydrogen-bond acceptors (Lipinski definition) is 4. The van der Waals surface area contributed by atoms with Crippen molar-refractivity contribution in [3.05, 3.63) is 26.9 Å². The number of aromatic nitrogens is 5. The molecule has 6 nitrogen and oxygen atoms in total. The Bertz CT molecular complexity index is 651. The van der Waals surface area contributed by atoms with Gasteiger partial charge in [0.05, 0.1) is 11.3 Å². The van der Waals surface area contributed by atoms with Crippen LogP contribution in [0.4, 0.5) is 0 Å². The van der Waals surface area contributed by atoms with Crippen molar-refractivity contribution in [2.75, 3.05) is 0 Å². The molecule has 7 heteroatoms. The monoisotopic (exact) mass is 251 g/mol. The van der Waals surface area contributed by atoms with E-state index in [1.54, 1.807) is 13.1 Å². The molecule has 0 fully saturated rings. The first-order valence-corrected chi connectivity index (χ1v) is 5.63. The van der Waals surface area contributed by atoms with Gasteiger partial charge in [-0.2, -0.15) is 10.1 Å². The predicted octanol–water partition coefficient (Wildman–Crippen LogP) is 1.35. The second-order valence-corrected chi connectivity index (χ2v) is 4.47. The Kier molecular flexibility index (Phi) is 2.93. The molecule has 0 aromatic carbocycles. The van der Waals surface area contributed by atoms with Crippen molar-refractivity contribution in [2.24, 2.45) is 7.05 Å². The molecule has 0 aliphatic rings. The summed E-state index contributed by atoms with van der Waals surface area (Å²) in [5.74, 6) is 0.683. The summed E-state index contributed by atoms with van der Waals surface area (Å²) < 4.78 is 1.64. The first-order valence-electron chi connectivity index (χ1n) is 5.22. The molecule has 0 aliphatic carbocycles. The molecule has 0 saturated heterocycles. The van der Waals surface area contributed by atoms with Crippen molar-refractivity contribution in [1.82, 2.24) is 25.0 Å². The van der Waals surface area contributed by atoms with Crippen molar-refractivity contribution in [3.63, 3.8) is 0 Å². The number of rotatable bonds is 2. The molecule has 0 bridgehead atoms. The highest BCUT2D eigenvalue weighted by Gasteiger charge is 2.12. The third-order valence-corrected chi connectivity index (χ3v) is 2.62. The Morgan fingerprint density at radius 1 is 1.41 bits per heavy atom. The molecule has 2 aromatic rings. The normalized spacial score (nSPS) is 11.1. The summed E-state index contributed by atoms with van der Waals surface area (Å²) in [6.45, 7) is 4.03. The van der Waals surface area contributed by atoms with Gasteiger partial charge >= 0.3 is 0 Å². The van der Waals surface area contributed by atoms with Gasteiger partial charge in [0.25, 0.3) is 5.56 Å². The second-order valence-electron chi connectivity index (χ2n) is 4.08. The molecule has 0 unspecified atom stereocenters. The van der Waals surface area contributed by atoms with Gasteiger partial charge in [0.15, 0.2) is 5.82 Å². The van der Waals surface area contributed by atoms with Gasteiger partial charge in [-0.15, -0.1) is 0 Å². The van der Waals surface area contributed by atoms with E-state index in [1.807, 2.05) is 13.8 Å². The van der Waals surface area contributed by atoms with E-state index in [2.05, 4.69) is 20.3 Å². The van der Waals surface area contributed by atoms with Gasteiger partial charge in [0, 0.05) is 7.05 Å². The smallest absolute Gasteiger partial charge is 0.277 e. The van der Waals surface area contributed by atoms with Crippen LogP contribution in [-0.4, -0.2) is 25.0 Å². The van der Waals surface area contributed by atoms with Gasteiger partial charge in [0.1, 0.15) is 0 Å². The molecule has 90 valence electrons. The third kappa shape index (κ3) is 2.19. The quantitative estimate of drug-likeness (QED) is 0.790. The highest BCUT2D eigenvalue weighted by atomic mass is 32.1. The van der Waals surface area contributed by atoms with Crippen LogP contribution in [0, 0.1) is 4.77 Å². The minimum absolute atomic E-state index is 0.202. The summed E-state index contributed by atoms with van der Waals surface area (Å²) in [6.07, 6.45) is 0. The van der Waals surface area contributed by atoms with Crippen LogP contribution in [0.5, 0.6) is 0 Å². The van der Waals surface area contributed by atoms with E-state index >= 15 is 0 Å². The zero-order valence-corrected chi connectivity index (χ0v) is 10.6. The number of nitrogens with one attached hydrogen (secondary N) is 2. The van der Waals surface area contributed by atoms with Crippen LogP contribution in [0.2, 0.25) is 0 Å². The van der Waals surface area contributed by atoms with Gasteiger partial charge in [-0.05, 0) is 24.2 Å². The fourth-order valence-corrected chi connectivity index (χ4v) is 1.62. The Morgan fingerprint density at radius 3 is 2.65 bits per heavy atom. The number of aromatic amines is 2. The summed E-state index contributed by atoms with van der Waals surface area (Å²) in [7, 11) is 1.62. The van der Waals surface area contributed by atoms with E-state index in [4.69, 9.17) is 12.2 Å². The maximum Gasteiger partial charge on any atom is 0.277 e. The summed E-state index contributed by atoms with van der Waals surface area (Å²) >= 11 is 4.87. The molecule has 2 aromatic heterocycles. The van der Waals surface area contributed by atoms with Gasteiger partial charge < -0.3 is 0 Å². The Morgan fingerprint density at radius 2 is 2.12 bits per heavy atom. The maximum atomic E-state index is 11.9. The van der Waals surface area contributed by atoms with Crippen molar-refractivity contribution in [2.45, 2.75) is 19.8 Å². The van der Waals surface area contributed by atoms with E-state index in [9.17, 15) is 4.79 Å². The standard InChI is InChI=1S/C10H13N5OS/c1-5(2)7-4-6(9(16)15(3)14-7)8-11-10(17)13-12-8/h4-5H,1-3H3,(H2,11,12,13,17). The average molecular weight is 251 g/mol. The summed E-state index contributed by atoms with van der Waals surface area (Å²) in [4.78, 5) is 16.0. The average Bonchev–Trinajstić information content (AvgIpc) is 2.68. The number of nitrogens with zero attached hydrogens (tertiary/aromatic N) is 3. The van der Waals surface area contributed by atoms with Crippen molar-refractivity contribution < 1.29 is 0 Å². The van der Waals surface area contributed by atoms with Gasteiger partial charge in [0.2, 0.25) is 4.77 Å². The molecule has 2 heterocycles. The lowest BCUT2D eigenvalue weighted by Crippen LogP contribution is -2.23. The molecule has 0 saturated carbocycles. The Labute approximate surface area is 103 Å². The predicted molar refractivity (Wildman–Crippen MR) is 66.3 cm³/mol. The minimum Gasteiger partial charge on any atom is -0.281 e. The molecule has 0 spiro atoms. The topological polar surface area (TPSA) is 79.4 Å². The van der Waals surface area contributed by atoms with E-state index in [0.29, 0.717) is 16.2 Å². The molecule has 0 amide bonds. The summed E-state index contributed by atoms with van der Waals surface area (Å²) in [5, 5.41) is 9.64. The van der Waals surface area contributed by atoms with Crippen molar-refractivity contribution >= 4 is 12.2 Å². The molecule has 2 N–H and O–H groups in total. The summed E-state index contributed by atoms with van der Waals surface area (Å²) in [5.41, 5.74) is 1.11. The van der Waals surface area contributed by atoms with E-state index in [-0.39, 0.29) is 11.5 Å². The van der Waals surface area contributed by atoms with E-state index in [0.717, 1.165) is 5.69 Å². The molecule has 0 atom stereocenters. The van der Waals surface area contributed by atoms with E-state index < -0.39 is 0 Å². The Hall–Kier alpha value is -1.76. The highest BCUT2D eigenvalue weighted by molar-refractivity contribution is 7.71. The summed E-state index contributed by atoms with van der Waals surface area (Å²) in [6, 6.07) is 1.74. The first kappa shape index (κ1) is 11.7. The number of aryl methyl sites for hydroxylation is 1.